The Balaban J connectivity index is 1.88. The summed E-state index contributed by atoms with van der Waals surface area (Å²) in [5.74, 6) is -0.517. The first-order chi connectivity index (χ1) is 15.6. The second kappa shape index (κ2) is 8.78. The van der Waals surface area contributed by atoms with Gasteiger partial charge in [0.1, 0.15) is 0 Å². The molecule has 0 unspecified atom stereocenters. The minimum Gasteiger partial charge on any atom is -0.337 e. The number of hydrogen-bond acceptors (Lipinski definition) is 6. The standard InChI is InChI=1S/C23H24N4O5S/c1-16-6-5-7-17(14-16)15-26-22(29)20(21(28)25-12-3-4-13-25)24-27(23(26)30)18-8-10-19(11-9-18)33(2,31)32/h5-11,14H,3-4,12-13,15H2,1-2H3. The van der Waals surface area contributed by atoms with Gasteiger partial charge in [0.05, 0.1) is 17.1 Å². The summed E-state index contributed by atoms with van der Waals surface area (Å²) < 4.78 is 25.5. The van der Waals surface area contributed by atoms with Gasteiger partial charge in [-0.3, -0.25) is 14.2 Å². The average molecular weight is 469 g/mol. The third-order valence-electron chi connectivity index (χ3n) is 5.59. The first kappa shape index (κ1) is 22.7. The van der Waals surface area contributed by atoms with E-state index in [-0.39, 0.29) is 22.8 Å². The molecular formula is C23H24N4O5S. The van der Waals surface area contributed by atoms with Gasteiger partial charge in [-0.05, 0) is 49.6 Å². The second-order valence-electron chi connectivity index (χ2n) is 8.19. The Hall–Kier alpha value is -3.53. The molecule has 4 rings (SSSR count). The van der Waals surface area contributed by atoms with E-state index in [0.29, 0.717) is 13.1 Å². The zero-order valence-electron chi connectivity index (χ0n) is 18.4. The molecule has 1 aliphatic rings. The highest BCUT2D eigenvalue weighted by Crippen LogP contribution is 2.13. The van der Waals surface area contributed by atoms with Crippen LogP contribution in [0.25, 0.3) is 5.69 Å². The SMILES string of the molecule is Cc1cccc(Cn2c(=O)c(C(=O)N3CCCC3)nn(-c3ccc(S(C)(=O)=O)cc3)c2=O)c1. The van der Waals surface area contributed by atoms with Crippen molar-refractivity contribution in [2.45, 2.75) is 31.2 Å². The molecule has 172 valence electrons. The Kier molecular flexibility index (Phi) is 6.03. The molecule has 0 aliphatic carbocycles. The van der Waals surface area contributed by atoms with Crippen LogP contribution in [0.4, 0.5) is 0 Å². The Morgan fingerprint density at radius 1 is 1.03 bits per heavy atom. The van der Waals surface area contributed by atoms with Crippen LogP contribution in [0.5, 0.6) is 0 Å². The summed E-state index contributed by atoms with van der Waals surface area (Å²) in [4.78, 5) is 41.2. The highest BCUT2D eigenvalue weighted by Gasteiger charge is 2.26. The van der Waals surface area contributed by atoms with Gasteiger partial charge in [0, 0.05) is 19.3 Å². The van der Waals surface area contributed by atoms with Gasteiger partial charge in [-0.1, -0.05) is 29.8 Å². The summed E-state index contributed by atoms with van der Waals surface area (Å²) in [6.45, 7) is 2.94. The number of carbonyl (C=O) groups is 1. The second-order valence-corrected chi connectivity index (χ2v) is 10.2. The normalized spacial score (nSPS) is 13.9. The largest absolute Gasteiger partial charge is 0.352 e. The summed E-state index contributed by atoms with van der Waals surface area (Å²) in [6, 6.07) is 13.0. The van der Waals surface area contributed by atoms with Crippen LogP contribution < -0.4 is 11.2 Å². The maximum Gasteiger partial charge on any atom is 0.352 e. The van der Waals surface area contributed by atoms with E-state index in [2.05, 4.69) is 5.10 Å². The zero-order chi connectivity index (χ0) is 23.8. The Morgan fingerprint density at radius 3 is 2.30 bits per heavy atom. The number of sulfone groups is 1. The van der Waals surface area contributed by atoms with Crippen molar-refractivity contribution in [3.63, 3.8) is 0 Å². The molecule has 9 nitrogen and oxygen atoms in total. The molecule has 10 heteroatoms. The van der Waals surface area contributed by atoms with Gasteiger partial charge in [-0.2, -0.15) is 9.78 Å². The molecule has 1 aliphatic heterocycles. The van der Waals surface area contributed by atoms with E-state index in [1.807, 2.05) is 25.1 Å². The van der Waals surface area contributed by atoms with Crippen molar-refractivity contribution in [1.29, 1.82) is 0 Å². The molecule has 0 spiro atoms. The van der Waals surface area contributed by atoms with Crippen LogP contribution in [-0.4, -0.2) is 52.9 Å². The number of nitrogens with zero attached hydrogens (tertiary/aromatic N) is 4. The van der Waals surface area contributed by atoms with Crippen LogP contribution in [0, 0.1) is 6.92 Å². The van der Waals surface area contributed by atoms with Crippen LogP contribution in [0.3, 0.4) is 0 Å². The van der Waals surface area contributed by atoms with Crippen LogP contribution in [0.2, 0.25) is 0 Å². The van der Waals surface area contributed by atoms with Gasteiger partial charge < -0.3 is 4.90 Å². The number of aryl methyl sites for hydroxylation is 1. The molecule has 1 aromatic heterocycles. The fourth-order valence-electron chi connectivity index (χ4n) is 3.85. The molecule has 0 atom stereocenters. The maximum atomic E-state index is 13.3. The molecule has 2 heterocycles. The summed E-state index contributed by atoms with van der Waals surface area (Å²) in [6.07, 6.45) is 2.77. The van der Waals surface area contributed by atoms with E-state index in [4.69, 9.17) is 0 Å². The third kappa shape index (κ3) is 4.65. The molecule has 0 N–H and O–H groups in total. The van der Waals surface area contributed by atoms with Crippen LogP contribution in [0.15, 0.2) is 63.0 Å². The zero-order valence-corrected chi connectivity index (χ0v) is 19.2. The number of hydrogen-bond donors (Lipinski definition) is 0. The topological polar surface area (TPSA) is 111 Å². The van der Waals surface area contributed by atoms with Gasteiger partial charge in [0.2, 0.25) is 5.69 Å². The first-order valence-electron chi connectivity index (χ1n) is 10.5. The van der Waals surface area contributed by atoms with Crippen molar-refractivity contribution in [3.8, 4) is 5.69 Å². The Labute approximate surface area is 190 Å². The van der Waals surface area contributed by atoms with Crippen molar-refractivity contribution < 1.29 is 13.2 Å². The van der Waals surface area contributed by atoms with Gasteiger partial charge in [0.25, 0.3) is 11.5 Å². The quantitative estimate of drug-likeness (QED) is 0.560. The lowest BCUT2D eigenvalue weighted by Crippen LogP contribution is -2.46. The van der Waals surface area contributed by atoms with Crippen LogP contribution in [0.1, 0.15) is 34.5 Å². The minimum atomic E-state index is -3.43. The Morgan fingerprint density at radius 2 is 1.70 bits per heavy atom. The molecule has 3 aromatic rings. The molecule has 2 aromatic carbocycles. The number of benzene rings is 2. The molecule has 0 saturated carbocycles. The molecule has 0 radical (unpaired) electrons. The fraction of sp³-hybridized carbons (Fsp3) is 0.304. The van der Waals surface area contributed by atoms with Gasteiger partial charge in [-0.15, -0.1) is 0 Å². The number of aromatic nitrogens is 3. The van der Waals surface area contributed by atoms with Crippen LogP contribution in [-0.2, 0) is 16.4 Å². The molecule has 1 fully saturated rings. The monoisotopic (exact) mass is 468 g/mol. The Bertz CT molecular complexity index is 1430. The number of rotatable bonds is 5. The van der Waals surface area contributed by atoms with E-state index < -0.39 is 27.0 Å². The van der Waals surface area contributed by atoms with Gasteiger partial charge in [0.15, 0.2) is 9.84 Å². The molecule has 1 amide bonds. The van der Waals surface area contributed by atoms with Crippen LogP contribution >= 0.6 is 0 Å². The highest BCUT2D eigenvalue weighted by atomic mass is 32.2. The number of amides is 1. The van der Waals surface area contributed by atoms with E-state index in [9.17, 15) is 22.8 Å². The molecule has 1 saturated heterocycles. The number of likely N-dealkylation sites (tertiary alicyclic amines) is 1. The maximum absolute atomic E-state index is 13.3. The fourth-order valence-corrected chi connectivity index (χ4v) is 4.48. The predicted molar refractivity (Wildman–Crippen MR) is 123 cm³/mol. The third-order valence-corrected chi connectivity index (χ3v) is 6.72. The van der Waals surface area contributed by atoms with E-state index >= 15 is 0 Å². The van der Waals surface area contributed by atoms with Crippen molar-refractivity contribution in [3.05, 3.63) is 86.2 Å². The highest BCUT2D eigenvalue weighted by molar-refractivity contribution is 7.90. The van der Waals surface area contributed by atoms with Crippen molar-refractivity contribution in [2.75, 3.05) is 19.3 Å². The molecule has 0 bridgehead atoms. The van der Waals surface area contributed by atoms with E-state index in [0.717, 1.165) is 39.5 Å². The lowest BCUT2D eigenvalue weighted by Gasteiger charge is -2.17. The van der Waals surface area contributed by atoms with Gasteiger partial charge in [-0.25, -0.2) is 13.2 Å². The summed E-state index contributed by atoms with van der Waals surface area (Å²) in [5, 5.41) is 4.13. The first-order valence-corrected chi connectivity index (χ1v) is 12.4. The lowest BCUT2D eigenvalue weighted by molar-refractivity contribution is 0.0781. The molecular weight excluding hydrogens is 444 g/mol. The van der Waals surface area contributed by atoms with E-state index in [1.54, 1.807) is 11.0 Å². The van der Waals surface area contributed by atoms with E-state index in [1.165, 1.54) is 24.3 Å². The lowest BCUT2D eigenvalue weighted by atomic mass is 10.1. The predicted octanol–water partition coefficient (Wildman–Crippen LogP) is 1.39. The molecule has 33 heavy (non-hydrogen) atoms. The summed E-state index contributed by atoms with van der Waals surface area (Å²) >= 11 is 0. The van der Waals surface area contributed by atoms with Crippen molar-refractivity contribution in [1.82, 2.24) is 19.2 Å². The minimum absolute atomic E-state index is 0.0242. The summed E-state index contributed by atoms with van der Waals surface area (Å²) in [7, 11) is -3.43. The van der Waals surface area contributed by atoms with Gasteiger partial charge >= 0.3 is 5.69 Å². The smallest absolute Gasteiger partial charge is 0.337 e. The van der Waals surface area contributed by atoms with Crippen molar-refractivity contribution in [2.24, 2.45) is 0 Å². The average Bonchev–Trinajstić information content (AvgIpc) is 3.31. The number of carbonyl (C=O) groups excluding carboxylic acids is 1. The van der Waals surface area contributed by atoms with Crippen molar-refractivity contribution >= 4 is 15.7 Å². The summed E-state index contributed by atoms with van der Waals surface area (Å²) in [5.41, 5.74) is 0.157.